The van der Waals surface area contributed by atoms with Crippen LogP contribution >= 0.6 is 0 Å². The summed E-state index contributed by atoms with van der Waals surface area (Å²) < 4.78 is 5.83. The summed E-state index contributed by atoms with van der Waals surface area (Å²) in [7, 11) is 0. The molecule has 4 heteroatoms. The summed E-state index contributed by atoms with van der Waals surface area (Å²) in [5, 5.41) is 3.05. The van der Waals surface area contributed by atoms with E-state index in [-0.39, 0.29) is 11.8 Å². The van der Waals surface area contributed by atoms with Gasteiger partial charge in [-0.1, -0.05) is 42.0 Å². The lowest BCUT2D eigenvalue weighted by atomic mass is 9.95. The van der Waals surface area contributed by atoms with Crippen LogP contribution in [0.25, 0.3) is 0 Å². The quantitative estimate of drug-likeness (QED) is 0.738. The number of hydrogen-bond donors (Lipinski definition) is 1. The summed E-state index contributed by atoms with van der Waals surface area (Å²) >= 11 is 0. The zero-order valence-electron chi connectivity index (χ0n) is 17.3. The van der Waals surface area contributed by atoms with Crippen LogP contribution in [0, 0.1) is 26.7 Å². The van der Waals surface area contributed by atoms with E-state index in [2.05, 4.69) is 60.5 Å². The van der Waals surface area contributed by atoms with Gasteiger partial charge in [-0.2, -0.15) is 0 Å². The molecule has 0 aliphatic carbocycles. The van der Waals surface area contributed by atoms with E-state index >= 15 is 0 Å². The van der Waals surface area contributed by atoms with Gasteiger partial charge in [-0.25, -0.2) is 0 Å². The molecule has 1 aliphatic rings. The molecule has 0 unspecified atom stereocenters. The predicted molar refractivity (Wildman–Crippen MR) is 114 cm³/mol. The summed E-state index contributed by atoms with van der Waals surface area (Å²) in [4.78, 5) is 14.9. The Bertz CT molecular complexity index is 795. The maximum Gasteiger partial charge on any atom is 0.223 e. The summed E-state index contributed by atoms with van der Waals surface area (Å²) in [6.07, 6.45) is 1.85. The number of rotatable bonds is 7. The van der Waals surface area contributed by atoms with Crippen LogP contribution in [-0.2, 0) is 11.3 Å². The largest absolute Gasteiger partial charge is 0.491 e. The lowest BCUT2D eigenvalue weighted by molar-refractivity contribution is -0.126. The normalized spacial score (nSPS) is 15.4. The fourth-order valence-corrected chi connectivity index (χ4v) is 3.76. The van der Waals surface area contributed by atoms with E-state index in [1.807, 2.05) is 13.0 Å². The first-order chi connectivity index (χ1) is 13.5. The van der Waals surface area contributed by atoms with Gasteiger partial charge >= 0.3 is 0 Å². The van der Waals surface area contributed by atoms with Crippen molar-refractivity contribution in [2.75, 3.05) is 26.2 Å². The van der Waals surface area contributed by atoms with Crippen molar-refractivity contribution < 1.29 is 9.53 Å². The summed E-state index contributed by atoms with van der Waals surface area (Å²) in [5.41, 5.74) is 4.96. The molecule has 1 heterocycles. The lowest BCUT2D eigenvalue weighted by Crippen LogP contribution is -2.41. The second kappa shape index (κ2) is 9.74. The van der Waals surface area contributed by atoms with Crippen molar-refractivity contribution in [3.05, 3.63) is 64.7 Å². The molecule has 150 valence electrons. The van der Waals surface area contributed by atoms with Crippen molar-refractivity contribution in [3.63, 3.8) is 0 Å². The van der Waals surface area contributed by atoms with E-state index in [4.69, 9.17) is 4.74 Å². The Morgan fingerprint density at radius 3 is 2.57 bits per heavy atom. The predicted octanol–water partition coefficient (Wildman–Crippen LogP) is 4.02. The molecular weight excluding hydrogens is 348 g/mol. The number of amides is 1. The van der Waals surface area contributed by atoms with Gasteiger partial charge in [0.15, 0.2) is 0 Å². The molecule has 0 aromatic heterocycles. The number of piperidine rings is 1. The highest BCUT2D eigenvalue weighted by molar-refractivity contribution is 5.78. The van der Waals surface area contributed by atoms with Crippen molar-refractivity contribution in [2.24, 2.45) is 5.92 Å². The number of aryl methyl sites for hydroxylation is 3. The average molecular weight is 381 g/mol. The number of nitrogens with zero attached hydrogens (tertiary/aromatic N) is 1. The molecule has 1 N–H and O–H groups in total. The van der Waals surface area contributed by atoms with Crippen molar-refractivity contribution in [2.45, 2.75) is 40.2 Å². The van der Waals surface area contributed by atoms with E-state index < -0.39 is 0 Å². The van der Waals surface area contributed by atoms with E-state index in [0.717, 1.165) is 43.8 Å². The molecule has 0 radical (unpaired) electrons. The zero-order valence-corrected chi connectivity index (χ0v) is 17.3. The van der Waals surface area contributed by atoms with Gasteiger partial charge in [0.05, 0.1) is 6.54 Å². The number of ether oxygens (including phenoxy) is 1. The fraction of sp³-hybridized carbons (Fsp3) is 0.458. The molecule has 2 aromatic rings. The molecule has 28 heavy (non-hydrogen) atoms. The highest BCUT2D eigenvalue weighted by atomic mass is 16.5. The first-order valence-electron chi connectivity index (χ1n) is 10.3. The number of carbonyl (C=O) groups is 1. The van der Waals surface area contributed by atoms with Crippen molar-refractivity contribution in [3.8, 4) is 5.75 Å². The maximum absolute atomic E-state index is 12.5. The molecule has 1 aliphatic heterocycles. The van der Waals surface area contributed by atoms with Gasteiger partial charge < -0.3 is 10.1 Å². The second-order valence-corrected chi connectivity index (χ2v) is 7.95. The highest BCUT2D eigenvalue weighted by Gasteiger charge is 2.24. The minimum Gasteiger partial charge on any atom is -0.491 e. The van der Waals surface area contributed by atoms with Gasteiger partial charge in [-0.05, 0) is 69.5 Å². The Morgan fingerprint density at radius 1 is 1.07 bits per heavy atom. The van der Waals surface area contributed by atoms with Gasteiger partial charge in [0.25, 0.3) is 0 Å². The van der Waals surface area contributed by atoms with Gasteiger partial charge in [0.2, 0.25) is 5.91 Å². The Balaban J connectivity index is 1.36. The number of hydrogen-bond acceptors (Lipinski definition) is 3. The van der Waals surface area contributed by atoms with Crippen LogP contribution in [0.2, 0.25) is 0 Å². The van der Waals surface area contributed by atoms with Gasteiger partial charge in [-0.15, -0.1) is 0 Å². The molecule has 3 rings (SSSR count). The minimum atomic E-state index is 0.120. The molecule has 0 spiro atoms. The van der Waals surface area contributed by atoms with Gasteiger partial charge in [0.1, 0.15) is 12.4 Å². The molecule has 1 fully saturated rings. The van der Waals surface area contributed by atoms with Crippen LogP contribution in [0.3, 0.4) is 0 Å². The first-order valence-corrected chi connectivity index (χ1v) is 10.3. The molecule has 2 aromatic carbocycles. The van der Waals surface area contributed by atoms with Gasteiger partial charge in [0, 0.05) is 12.5 Å². The number of carbonyl (C=O) groups excluding carboxylic acids is 1. The summed E-state index contributed by atoms with van der Waals surface area (Å²) in [6.45, 7) is 10.2. The first kappa shape index (κ1) is 20.4. The average Bonchev–Trinajstić information content (AvgIpc) is 2.68. The van der Waals surface area contributed by atoms with Gasteiger partial charge in [-0.3, -0.25) is 9.69 Å². The molecule has 1 amide bonds. The second-order valence-electron chi connectivity index (χ2n) is 7.95. The van der Waals surface area contributed by atoms with Crippen LogP contribution in [0.15, 0.2) is 42.5 Å². The fourth-order valence-electron chi connectivity index (χ4n) is 3.76. The van der Waals surface area contributed by atoms with Crippen LogP contribution < -0.4 is 10.1 Å². The Kier molecular flexibility index (Phi) is 7.10. The molecule has 4 nitrogen and oxygen atoms in total. The Labute approximate surface area is 168 Å². The molecule has 0 atom stereocenters. The minimum absolute atomic E-state index is 0.120. The van der Waals surface area contributed by atoms with Crippen LogP contribution in [0.5, 0.6) is 5.75 Å². The SMILES string of the molecule is Cc1cccc(CN2CCC(C(=O)NCCOc3cc(C)ccc3C)CC2)c1. The Morgan fingerprint density at radius 2 is 1.82 bits per heavy atom. The zero-order chi connectivity index (χ0) is 19.9. The van der Waals surface area contributed by atoms with Crippen LogP contribution in [0.4, 0.5) is 0 Å². The smallest absolute Gasteiger partial charge is 0.223 e. The van der Waals surface area contributed by atoms with E-state index in [1.54, 1.807) is 0 Å². The number of benzene rings is 2. The molecule has 0 bridgehead atoms. The molecule has 0 saturated carbocycles. The van der Waals surface area contributed by atoms with Crippen molar-refractivity contribution in [1.82, 2.24) is 10.2 Å². The van der Waals surface area contributed by atoms with Crippen molar-refractivity contribution >= 4 is 5.91 Å². The standard InChI is InChI=1S/C24H32N2O2/c1-18-5-4-6-21(15-18)17-26-12-9-22(10-13-26)24(27)25-11-14-28-23-16-19(2)7-8-20(23)3/h4-8,15-16,22H,9-14,17H2,1-3H3,(H,25,27). The van der Waals surface area contributed by atoms with Crippen LogP contribution in [-0.4, -0.2) is 37.0 Å². The molecular formula is C24H32N2O2. The third-order valence-corrected chi connectivity index (χ3v) is 5.45. The van der Waals surface area contributed by atoms with E-state index in [0.29, 0.717) is 13.2 Å². The van der Waals surface area contributed by atoms with E-state index in [1.165, 1.54) is 16.7 Å². The monoisotopic (exact) mass is 380 g/mol. The third-order valence-electron chi connectivity index (χ3n) is 5.45. The number of likely N-dealkylation sites (tertiary alicyclic amines) is 1. The van der Waals surface area contributed by atoms with Crippen molar-refractivity contribution in [1.29, 1.82) is 0 Å². The topological polar surface area (TPSA) is 41.6 Å². The highest BCUT2D eigenvalue weighted by Crippen LogP contribution is 2.20. The maximum atomic E-state index is 12.5. The third kappa shape index (κ3) is 5.83. The van der Waals surface area contributed by atoms with E-state index in [9.17, 15) is 4.79 Å². The summed E-state index contributed by atoms with van der Waals surface area (Å²) in [5.74, 6) is 1.19. The Hall–Kier alpha value is -2.33. The molecule has 1 saturated heterocycles. The number of nitrogens with one attached hydrogen (secondary N) is 1. The van der Waals surface area contributed by atoms with Crippen LogP contribution in [0.1, 0.15) is 35.1 Å². The summed E-state index contributed by atoms with van der Waals surface area (Å²) in [6, 6.07) is 14.9. The lowest BCUT2D eigenvalue weighted by Gasteiger charge is -2.31.